The van der Waals surface area contributed by atoms with Gasteiger partial charge in [0.1, 0.15) is 96.2 Å². The van der Waals surface area contributed by atoms with E-state index in [2.05, 4.69) is 16.9 Å². The number of rotatable bonds is 31. The molecule has 7 aromatic rings. The van der Waals surface area contributed by atoms with Crippen LogP contribution in [0.5, 0.6) is 23.0 Å². The minimum atomic E-state index is -1.58. The van der Waals surface area contributed by atoms with Crippen LogP contribution in [0.4, 0.5) is 0 Å². The lowest BCUT2D eigenvalue weighted by molar-refractivity contribution is -0.301. The predicted octanol–water partition coefficient (Wildman–Crippen LogP) is 6.04. The van der Waals surface area contributed by atoms with Crippen LogP contribution in [-0.4, -0.2) is 239 Å². The van der Waals surface area contributed by atoms with Crippen LogP contribution in [0.2, 0.25) is 0 Å². The molecule has 8 bridgehead atoms. The number of aromatic amines is 2. The Balaban J connectivity index is 0.936. The van der Waals surface area contributed by atoms with Gasteiger partial charge < -0.3 is 119 Å². The summed E-state index contributed by atoms with van der Waals surface area (Å²) in [6, 6.07) is 38.9. The Morgan fingerprint density at radius 3 is 0.883 bits per heavy atom. The fourth-order valence-corrected chi connectivity index (χ4v) is 13.1. The van der Waals surface area contributed by atoms with E-state index in [-0.39, 0.29) is 39.6 Å². The standard InChI is InChI=1S/C77H90N4O22/c1-2-3-4-5-29-94-47-17-6-13-43(36-47)62-51-21-23-53(78-51)63(44-14-7-18-48(37-44)95-30-10-33-98-75-72(91)69(88)66(85)59(40-82)101-75)55-25-27-57(80-55)65(46-16-9-20-50(39-46)97-32-12-35-100-77-74(93)71(90)68(87)61(42-84)103-77)58-28-26-56(81-58)64(54-24-22-52(62)79-54)45-15-8-19-49(38-45)96-31-11-34-99-76-73(92)70(89)67(86)60(41-83)102-76/h6-9,13-28,36-39,59-61,66-78,81-93H,2-5,10-12,29-35,40-42H2,1H3/t59-,60-,61-,66-,67-,68-,69+,70+,71+,72+,73+,74+,75+,76+,77+/m1/s1. The molecule has 26 heteroatoms. The van der Waals surface area contributed by atoms with E-state index in [1.54, 1.807) is 0 Å². The summed E-state index contributed by atoms with van der Waals surface area (Å²) < 4.78 is 59.4. The lowest BCUT2D eigenvalue weighted by Gasteiger charge is -2.39. The smallest absolute Gasteiger partial charge is 0.186 e. The van der Waals surface area contributed by atoms with E-state index >= 15 is 0 Å². The molecule has 5 aliphatic heterocycles. The summed E-state index contributed by atoms with van der Waals surface area (Å²) in [4.78, 5) is 18.6. The predicted molar refractivity (Wildman–Crippen MR) is 380 cm³/mol. The fraction of sp³-hybridized carbons (Fsp3) is 0.429. The van der Waals surface area contributed by atoms with E-state index in [1.165, 1.54) is 0 Å². The van der Waals surface area contributed by atoms with Crippen LogP contribution in [0.25, 0.3) is 90.9 Å². The van der Waals surface area contributed by atoms with E-state index in [9.17, 15) is 61.3 Å². The quantitative estimate of drug-likeness (QED) is 0.0220. The average Bonchev–Trinajstić information content (AvgIpc) is 1.63. The third-order valence-electron chi connectivity index (χ3n) is 18.6. The maximum Gasteiger partial charge on any atom is 0.186 e. The van der Waals surface area contributed by atoms with Crippen molar-refractivity contribution in [2.75, 3.05) is 66.1 Å². The largest absolute Gasteiger partial charge is 0.494 e. The number of ether oxygens (including phenoxy) is 10. The maximum atomic E-state index is 10.6. The topological polar surface area (TPSA) is 392 Å². The first-order valence-corrected chi connectivity index (χ1v) is 35.0. The second-order valence-corrected chi connectivity index (χ2v) is 25.8. The number of hydrogen-bond donors (Lipinski definition) is 14. The molecular formula is C77H90N4O22. The molecule has 0 amide bonds. The molecule has 0 spiro atoms. The minimum absolute atomic E-state index is 0.0443. The summed E-state index contributed by atoms with van der Waals surface area (Å²) in [5, 5.41) is 123. The number of unbranched alkanes of at least 4 members (excludes halogenated alkanes) is 3. The zero-order chi connectivity index (χ0) is 72.1. The Kier molecular flexibility index (Phi) is 25.5. The highest BCUT2D eigenvalue weighted by molar-refractivity contribution is 6.00. The molecule has 12 rings (SSSR count). The van der Waals surface area contributed by atoms with Gasteiger partial charge in [-0.05, 0) is 126 Å². The number of aromatic nitrogens is 4. The van der Waals surface area contributed by atoms with E-state index in [4.69, 9.17) is 57.3 Å². The number of fused-ring (bicyclic) bond motifs is 8. The summed E-state index contributed by atoms with van der Waals surface area (Å²) in [6.07, 6.45) is -8.02. The molecule has 8 heterocycles. The molecule has 26 nitrogen and oxygen atoms in total. The van der Waals surface area contributed by atoms with Gasteiger partial charge in [0, 0.05) is 63.6 Å². The molecule has 550 valence electrons. The highest BCUT2D eigenvalue weighted by atomic mass is 16.7. The Labute approximate surface area is 594 Å². The average molecular weight is 1420 g/mol. The molecule has 14 N–H and O–H groups in total. The van der Waals surface area contributed by atoms with Crippen molar-refractivity contribution in [3.63, 3.8) is 0 Å². The van der Waals surface area contributed by atoms with Crippen LogP contribution in [0, 0.1) is 0 Å². The zero-order valence-electron chi connectivity index (χ0n) is 56.9. The Morgan fingerprint density at radius 1 is 0.330 bits per heavy atom. The second kappa shape index (κ2) is 35.2. The number of aliphatic hydroxyl groups is 12. The van der Waals surface area contributed by atoms with Crippen molar-refractivity contribution in [1.29, 1.82) is 0 Å². The Bertz CT molecular complexity index is 4110. The lowest BCUT2D eigenvalue weighted by atomic mass is 9.99. The highest BCUT2D eigenvalue weighted by Gasteiger charge is 2.46. The summed E-state index contributed by atoms with van der Waals surface area (Å²) in [7, 11) is 0. The van der Waals surface area contributed by atoms with Gasteiger partial charge in [-0.2, -0.15) is 0 Å². The molecule has 15 atom stereocenters. The van der Waals surface area contributed by atoms with Crippen molar-refractivity contribution in [2.24, 2.45) is 0 Å². The summed E-state index contributed by atoms with van der Waals surface area (Å²) in [6.45, 7) is 1.66. The van der Waals surface area contributed by atoms with Gasteiger partial charge in [-0.15, -0.1) is 0 Å². The molecule has 103 heavy (non-hydrogen) atoms. The van der Waals surface area contributed by atoms with Gasteiger partial charge in [0.05, 0.1) is 88.8 Å². The first-order chi connectivity index (χ1) is 50.1. The van der Waals surface area contributed by atoms with Crippen LogP contribution in [0.15, 0.2) is 121 Å². The third kappa shape index (κ3) is 17.5. The molecule has 3 aromatic heterocycles. The number of aliphatic hydroxyl groups excluding tert-OH is 12. The van der Waals surface area contributed by atoms with E-state index in [0.29, 0.717) is 93.8 Å². The van der Waals surface area contributed by atoms with Gasteiger partial charge in [-0.1, -0.05) is 74.7 Å². The molecule has 0 saturated carbocycles. The molecule has 3 fully saturated rings. The van der Waals surface area contributed by atoms with Crippen molar-refractivity contribution in [1.82, 2.24) is 19.9 Å². The SMILES string of the molecule is CCCCCCOc1cccc(-c2c3nc(c(-c4cccc(OCCCO[C@H]5O[C@H](CO)[C@@H](O)[C@H](O)[C@@H]5O)c4)c4ccc([nH]4)c(-c4cccc(OCCCO[C@H]5O[C@H](CO)[C@@H](O)[C@H](O)[C@@H]5O)c4)c4nc(c(-c5cccc(OCCCO[C@H]6O[C@H](CO)[C@@H](O)[C@H](O)[C@@H]6O)c5)c5ccc2[nH]5)C=C4)C=C3)c1. The van der Waals surface area contributed by atoms with Gasteiger partial charge in [-0.25, -0.2) is 9.97 Å². The van der Waals surface area contributed by atoms with Crippen LogP contribution < -0.4 is 18.9 Å². The summed E-state index contributed by atoms with van der Waals surface area (Å²) in [5.41, 5.74) is 11.3. The van der Waals surface area contributed by atoms with Crippen LogP contribution >= 0.6 is 0 Å². The normalized spacial score (nSPS) is 25.4. The number of nitrogens with one attached hydrogen (secondary N) is 2. The van der Waals surface area contributed by atoms with E-state index in [1.807, 2.05) is 146 Å². The van der Waals surface area contributed by atoms with Crippen molar-refractivity contribution in [3.8, 4) is 67.5 Å². The van der Waals surface area contributed by atoms with Gasteiger partial charge in [-0.3, -0.25) is 0 Å². The van der Waals surface area contributed by atoms with Crippen molar-refractivity contribution < 1.29 is 109 Å². The van der Waals surface area contributed by atoms with Crippen LogP contribution in [0.3, 0.4) is 0 Å². The molecule has 0 unspecified atom stereocenters. The van der Waals surface area contributed by atoms with Crippen molar-refractivity contribution in [2.45, 2.75) is 144 Å². The molecule has 3 saturated heterocycles. The van der Waals surface area contributed by atoms with Crippen LogP contribution in [-0.2, 0) is 28.4 Å². The first kappa shape index (κ1) is 74.7. The monoisotopic (exact) mass is 1420 g/mol. The zero-order valence-corrected chi connectivity index (χ0v) is 56.9. The van der Waals surface area contributed by atoms with Gasteiger partial charge >= 0.3 is 0 Å². The van der Waals surface area contributed by atoms with E-state index < -0.39 is 112 Å². The number of nitrogens with zero attached hydrogens (tertiary/aromatic N) is 2. The first-order valence-electron chi connectivity index (χ1n) is 35.0. The molecule has 4 aromatic carbocycles. The van der Waals surface area contributed by atoms with Gasteiger partial charge in [0.2, 0.25) is 0 Å². The second-order valence-electron chi connectivity index (χ2n) is 25.8. The molecular weight excluding hydrogens is 1330 g/mol. The third-order valence-corrected chi connectivity index (χ3v) is 18.6. The maximum absolute atomic E-state index is 10.6. The Morgan fingerprint density at radius 2 is 0.612 bits per heavy atom. The summed E-state index contributed by atoms with van der Waals surface area (Å²) in [5.74, 6) is 2.28. The minimum Gasteiger partial charge on any atom is -0.494 e. The number of hydrogen-bond acceptors (Lipinski definition) is 24. The van der Waals surface area contributed by atoms with Crippen LogP contribution in [0.1, 0.15) is 74.6 Å². The number of benzene rings is 4. The van der Waals surface area contributed by atoms with Gasteiger partial charge in [0.15, 0.2) is 18.9 Å². The highest BCUT2D eigenvalue weighted by Crippen LogP contribution is 2.41. The van der Waals surface area contributed by atoms with E-state index in [0.717, 1.165) is 70.1 Å². The number of H-pyrrole nitrogens is 2. The van der Waals surface area contributed by atoms with Gasteiger partial charge in [0.25, 0.3) is 0 Å². The van der Waals surface area contributed by atoms with Crippen molar-refractivity contribution >= 4 is 46.4 Å². The molecule has 5 aliphatic rings. The Hall–Kier alpha value is -8.04. The van der Waals surface area contributed by atoms with Crippen molar-refractivity contribution in [3.05, 3.63) is 144 Å². The lowest BCUT2D eigenvalue weighted by Crippen LogP contribution is -2.59. The summed E-state index contributed by atoms with van der Waals surface area (Å²) >= 11 is 0. The molecule has 0 radical (unpaired) electrons. The fourth-order valence-electron chi connectivity index (χ4n) is 13.1. The molecule has 0 aliphatic carbocycles.